The summed E-state index contributed by atoms with van der Waals surface area (Å²) in [6, 6.07) is 21.1. The molecule has 9 aromatic rings. The van der Waals surface area contributed by atoms with Crippen molar-refractivity contribution in [3.05, 3.63) is 164 Å². The molecule has 0 aliphatic carbocycles. The van der Waals surface area contributed by atoms with Crippen molar-refractivity contribution in [2.24, 2.45) is 0 Å². The first-order valence-electron chi connectivity index (χ1n) is 20.7. The van der Waals surface area contributed by atoms with Crippen LogP contribution in [0.5, 0.6) is 0 Å². The van der Waals surface area contributed by atoms with Gasteiger partial charge >= 0.3 is 0 Å². The van der Waals surface area contributed by atoms with Gasteiger partial charge in [-0.1, -0.05) is 139 Å². The predicted molar refractivity (Wildman–Crippen MR) is 192 cm³/mol. The van der Waals surface area contributed by atoms with Crippen LogP contribution in [0.15, 0.2) is 168 Å². The van der Waals surface area contributed by atoms with Crippen molar-refractivity contribution < 1.29 is 20.9 Å². The molecule has 0 aliphatic rings. The van der Waals surface area contributed by atoms with Crippen LogP contribution in [0.25, 0.3) is 89.1 Å². The molecule has 7 aromatic carbocycles. The van der Waals surface area contributed by atoms with Gasteiger partial charge in [-0.05, 0) is 57.2 Å². The molecule has 220 valence electrons. The van der Waals surface area contributed by atoms with Crippen molar-refractivity contribution in [1.29, 1.82) is 0 Å². The maximum Gasteiger partial charge on any atom is 0.164 e. The quantitative estimate of drug-likeness (QED) is 0.194. The van der Waals surface area contributed by atoms with E-state index in [-0.39, 0.29) is 66.9 Å². The summed E-state index contributed by atoms with van der Waals surface area (Å²) >= 11 is 0. The Balaban J connectivity index is 1.41. The van der Waals surface area contributed by atoms with Gasteiger partial charge in [0.25, 0.3) is 0 Å². The number of benzene rings is 7. The summed E-state index contributed by atoms with van der Waals surface area (Å²) in [4.78, 5) is 14.5. The van der Waals surface area contributed by atoms with Crippen LogP contribution in [-0.2, 0) is 0 Å². The Morgan fingerprint density at radius 2 is 1.04 bits per heavy atom. The van der Waals surface area contributed by atoms with Gasteiger partial charge in [0.15, 0.2) is 17.5 Å². The summed E-state index contributed by atoms with van der Waals surface area (Å²) in [5.74, 6) is 0.321. The lowest BCUT2D eigenvalue weighted by Gasteiger charge is -2.12. The van der Waals surface area contributed by atoms with Gasteiger partial charge in [-0.25, -0.2) is 15.0 Å². The predicted octanol–water partition coefficient (Wildman–Crippen LogP) is 11.3. The molecule has 2 aromatic heterocycles. The smallest absolute Gasteiger partial charge is 0.164 e. The summed E-state index contributed by atoms with van der Waals surface area (Å²) < 4.78 is 112. The number of hydrogen-bond donors (Lipinski definition) is 0. The van der Waals surface area contributed by atoms with Crippen molar-refractivity contribution in [2.45, 2.75) is 0 Å². The zero-order chi connectivity index (χ0) is 41.6. The first-order chi connectivity index (χ1) is 28.3. The Hall–Kier alpha value is -6.39. The Labute approximate surface area is 288 Å². The number of hydrogen-bond acceptors (Lipinski definition) is 4. The third-order valence-corrected chi connectivity index (χ3v) is 7.81. The zero-order valence-electron chi connectivity index (χ0n) is 36.4. The van der Waals surface area contributed by atoms with Crippen LogP contribution in [0.3, 0.4) is 0 Å². The van der Waals surface area contributed by atoms with Crippen molar-refractivity contribution in [2.75, 3.05) is 0 Å². The van der Waals surface area contributed by atoms with Crippen LogP contribution in [0.1, 0.15) is 16.4 Å². The second-order valence-electron chi connectivity index (χ2n) is 10.7. The molecule has 0 spiro atoms. The average Bonchev–Trinajstić information content (AvgIpc) is 3.64. The molecule has 0 saturated carbocycles. The summed E-state index contributed by atoms with van der Waals surface area (Å²) in [5, 5.41) is -0.626. The lowest BCUT2D eigenvalue weighted by Crippen LogP contribution is -2.00. The molecule has 4 nitrogen and oxygen atoms in total. The number of furan rings is 1. The molecule has 0 atom stereocenters. The lowest BCUT2D eigenvalue weighted by molar-refractivity contribution is 0.669. The average molecular weight is 614 g/mol. The second kappa shape index (κ2) is 11.2. The van der Waals surface area contributed by atoms with E-state index in [1.54, 1.807) is 24.3 Å². The van der Waals surface area contributed by atoms with E-state index in [1.165, 1.54) is 6.07 Å². The lowest BCUT2D eigenvalue weighted by atomic mass is 9.96. The van der Waals surface area contributed by atoms with E-state index >= 15 is 0 Å². The van der Waals surface area contributed by atoms with Crippen molar-refractivity contribution in [1.82, 2.24) is 15.0 Å². The molecule has 0 amide bonds. The highest BCUT2D eigenvalue weighted by molar-refractivity contribution is 6.13. The molecule has 0 aliphatic heterocycles. The van der Waals surface area contributed by atoms with Gasteiger partial charge in [-0.2, -0.15) is 0 Å². The number of para-hydroxylation sites is 1. The molecule has 0 unspecified atom stereocenters. The molecular weight excluding hydrogens is 574 g/mol. The number of aromatic nitrogens is 3. The Bertz CT molecular complexity index is 3230. The molecule has 0 N–H and O–H groups in total. The maximum absolute atomic E-state index is 9.84. The van der Waals surface area contributed by atoms with Crippen LogP contribution in [0, 0.1) is 0 Å². The van der Waals surface area contributed by atoms with Crippen LogP contribution in [0.4, 0.5) is 0 Å². The molecule has 0 bridgehead atoms. The van der Waals surface area contributed by atoms with Crippen molar-refractivity contribution in [3.63, 3.8) is 0 Å². The SMILES string of the molecule is [2H]c1c([2H])c([2H])c2c(oc3cc(-c4c([2H])c([2H])c5c([2H])c([2H])c([2H])c([2H])c5c4[2H])c([2H])c(-c4nc(-c5ccccc5)nc(-c5ccc(-c6ccccc6)cc5)n4)c32)c1[2H]. The van der Waals surface area contributed by atoms with E-state index < -0.39 is 72.5 Å². The third-order valence-electron chi connectivity index (χ3n) is 7.81. The molecule has 47 heavy (non-hydrogen) atoms. The van der Waals surface area contributed by atoms with Gasteiger partial charge in [-0.15, -0.1) is 0 Å². The topological polar surface area (TPSA) is 51.8 Å². The first-order valence-corrected chi connectivity index (χ1v) is 14.7. The van der Waals surface area contributed by atoms with Crippen LogP contribution in [-0.4, -0.2) is 15.0 Å². The van der Waals surface area contributed by atoms with Crippen LogP contribution in [0.2, 0.25) is 0 Å². The van der Waals surface area contributed by atoms with Gasteiger partial charge in [0.05, 0.1) is 16.4 Å². The fourth-order valence-electron chi connectivity index (χ4n) is 5.55. The monoisotopic (exact) mass is 613 g/mol. The zero-order valence-corrected chi connectivity index (χ0v) is 24.4. The second-order valence-corrected chi connectivity index (χ2v) is 10.7. The van der Waals surface area contributed by atoms with E-state index in [0.29, 0.717) is 11.1 Å². The fourth-order valence-corrected chi connectivity index (χ4v) is 5.55. The minimum absolute atomic E-state index is 0.0533. The van der Waals surface area contributed by atoms with Crippen molar-refractivity contribution >= 4 is 32.7 Å². The van der Waals surface area contributed by atoms with Gasteiger partial charge in [0.2, 0.25) is 0 Å². The van der Waals surface area contributed by atoms with Gasteiger partial charge in [0.1, 0.15) is 11.2 Å². The normalized spacial score (nSPS) is 15.0. The summed E-state index contributed by atoms with van der Waals surface area (Å²) in [7, 11) is 0. The molecule has 0 radical (unpaired) electrons. The first kappa shape index (κ1) is 17.3. The fraction of sp³-hybridized carbons (Fsp3) is 0. The Morgan fingerprint density at radius 3 is 1.81 bits per heavy atom. The highest BCUT2D eigenvalue weighted by Gasteiger charge is 2.20. The van der Waals surface area contributed by atoms with E-state index in [0.717, 1.165) is 11.1 Å². The minimum atomic E-state index is -0.634. The van der Waals surface area contributed by atoms with Gasteiger partial charge < -0.3 is 4.42 Å². The molecule has 2 heterocycles. The molecule has 0 fully saturated rings. The molecule has 0 saturated heterocycles. The number of rotatable bonds is 5. The molecule has 9 rings (SSSR count). The largest absolute Gasteiger partial charge is 0.456 e. The van der Waals surface area contributed by atoms with Gasteiger partial charge in [-0.3, -0.25) is 0 Å². The van der Waals surface area contributed by atoms with Crippen molar-refractivity contribution in [3.8, 4) is 56.4 Å². The van der Waals surface area contributed by atoms with E-state index in [9.17, 15) is 2.74 Å². The standard InChI is InChI=1S/C43H27N3O/c1-3-11-28(12-4-1)30-19-22-32(23-20-30)42-44-41(31-14-5-2-6-15-31)45-43(46-42)37-26-35(34-24-21-29-13-7-8-16-33(29)25-34)27-39-40(37)36-17-9-10-18-38(36)47-39/h1-27H/i7D,8D,9D,10D,13D,16D,17D,18D,21D,24D,25D,26D. The third kappa shape index (κ3) is 4.93. The van der Waals surface area contributed by atoms with Crippen LogP contribution >= 0.6 is 0 Å². The highest BCUT2D eigenvalue weighted by atomic mass is 16.3. The summed E-state index contributed by atoms with van der Waals surface area (Å²) in [5.41, 5.74) is 2.30. The number of nitrogens with zero attached hydrogens (tertiary/aromatic N) is 3. The van der Waals surface area contributed by atoms with E-state index in [1.807, 2.05) is 60.7 Å². The maximum atomic E-state index is 9.84. The molecular formula is C43H27N3O. The number of fused-ring (bicyclic) bond motifs is 4. The summed E-state index contributed by atoms with van der Waals surface area (Å²) in [6.45, 7) is 0. The molecule has 4 heteroatoms. The Morgan fingerprint density at radius 1 is 0.447 bits per heavy atom. The van der Waals surface area contributed by atoms with Gasteiger partial charge in [0, 0.05) is 27.5 Å². The highest BCUT2D eigenvalue weighted by Crippen LogP contribution is 2.40. The van der Waals surface area contributed by atoms with E-state index in [4.69, 9.17) is 33.1 Å². The summed E-state index contributed by atoms with van der Waals surface area (Å²) in [6.07, 6.45) is 0. The Kier molecular flexibility index (Phi) is 4.13. The van der Waals surface area contributed by atoms with Crippen LogP contribution < -0.4 is 0 Å². The van der Waals surface area contributed by atoms with E-state index in [2.05, 4.69) is 0 Å². The minimum Gasteiger partial charge on any atom is -0.456 e.